The monoisotopic (exact) mass is 324 g/mol. The van der Waals surface area contributed by atoms with Crippen LogP contribution in [0.4, 0.5) is 14.9 Å². The van der Waals surface area contributed by atoms with E-state index in [0.29, 0.717) is 16.8 Å². The van der Waals surface area contributed by atoms with Gasteiger partial charge in [-0.3, -0.25) is 4.99 Å². The number of amidine groups is 1. The molecule has 0 spiro atoms. The number of thioether (sulfide) groups is 1. The number of carboxylic acid groups (broad SMARTS) is 1. The third kappa shape index (κ3) is 2.77. The SMILES string of the molecule is COc1cc(N(C(=O)O)C2=NC3CCCC3CS2)ccc1F. The van der Waals surface area contributed by atoms with Gasteiger partial charge in [0.2, 0.25) is 0 Å². The molecule has 1 aromatic carbocycles. The first-order valence-corrected chi connectivity index (χ1v) is 8.16. The molecule has 1 fully saturated rings. The van der Waals surface area contributed by atoms with Gasteiger partial charge in [0.1, 0.15) is 0 Å². The number of carbonyl (C=O) groups is 1. The van der Waals surface area contributed by atoms with E-state index in [4.69, 9.17) is 4.74 Å². The fourth-order valence-corrected chi connectivity index (χ4v) is 4.23. The number of hydrogen-bond acceptors (Lipinski definition) is 4. The average Bonchev–Trinajstić information content (AvgIpc) is 2.96. The first-order chi connectivity index (χ1) is 10.6. The topological polar surface area (TPSA) is 62.1 Å². The summed E-state index contributed by atoms with van der Waals surface area (Å²) in [6, 6.07) is 4.22. The molecular weight excluding hydrogens is 307 g/mol. The molecule has 1 amide bonds. The number of halogens is 1. The summed E-state index contributed by atoms with van der Waals surface area (Å²) >= 11 is 1.45. The van der Waals surface area contributed by atoms with E-state index >= 15 is 0 Å². The molecular formula is C15H17FN2O3S. The summed E-state index contributed by atoms with van der Waals surface area (Å²) in [4.78, 5) is 17.4. The van der Waals surface area contributed by atoms with Crippen molar-refractivity contribution in [3.8, 4) is 5.75 Å². The minimum Gasteiger partial charge on any atom is -0.494 e. The Morgan fingerprint density at radius 2 is 2.32 bits per heavy atom. The highest BCUT2D eigenvalue weighted by atomic mass is 32.2. The third-order valence-corrected chi connectivity index (χ3v) is 5.24. The number of benzene rings is 1. The Labute approximate surface area is 132 Å². The molecule has 3 rings (SSSR count). The zero-order chi connectivity index (χ0) is 15.7. The van der Waals surface area contributed by atoms with Gasteiger partial charge in [0.15, 0.2) is 16.7 Å². The van der Waals surface area contributed by atoms with Crippen molar-refractivity contribution < 1.29 is 19.0 Å². The van der Waals surface area contributed by atoms with Crippen LogP contribution in [0.1, 0.15) is 19.3 Å². The first-order valence-electron chi connectivity index (χ1n) is 7.17. The number of amides is 1. The Balaban J connectivity index is 1.95. The molecule has 1 aromatic rings. The van der Waals surface area contributed by atoms with E-state index in [9.17, 15) is 14.3 Å². The Kier molecular flexibility index (Phi) is 4.24. The van der Waals surface area contributed by atoms with Gasteiger partial charge in [0.25, 0.3) is 0 Å². The average molecular weight is 324 g/mol. The van der Waals surface area contributed by atoms with Gasteiger partial charge < -0.3 is 9.84 Å². The third-order valence-electron chi connectivity index (χ3n) is 4.10. The number of nitrogens with zero attached hydrogens (tertiary/aromatic N) is 2. The molecule has 1 N–H and O–H groups in total. The van der Waals surface area contributed by atoms with Crippen LogP contribution in [0.5, 0.6) is 5.75 Å². The normalized spacial score (nSPS) is 23.6. The van der Waals surface area contributed by atoms with Crippen molar-refractivity contribution in [1.82, 2.24) is 0 Å². The summed E-state index contributed by atoms with van der Waals surface area (Å²) in [7, 11) is 1.35. The van der Waals surface area contributed by atoms with Crippen molar-refractivity contribution in [2.45, 2.75) is 25.3 Å². The lowest BCUT2D eigenvalue weighted by atomic mass is 10.1. The van der Waals surface area contributed by atoms with Gasteiger partial charge in [0.05, 0.1) is 18.8 Å². The van der Waals surface area contributed by atoms with Crippen LogP contribution in [0, 0.1) is 11.7 Å². The number of ether oxygens (including phenoxy) is 1. The Morgan fingerprint density at radius 3 is 3.05 bits per heavy atom. The molecule has 1 aliphatic carbocycles. The summed E-state index contributed by atoms with van der Waals surface area (Å²) < 4.78 is 18.5. The number of hydrogen-bond donors (Lipinski definition) is 1. The molecule has 118 valence electrons. The number of rotatable bonds is 2. The minimum absolute atomic E-state index is 0.0175. The lowest BCUT2D eigenvalue weighted by molar-refractivity contribution is 0.205. The van der Waals surface area contributed by atoms with E-state index in [0.717, 1.165) is 29.9 Å². The molecule has 1 aliphatic heterocycles. The molecule has 0 aromatic heterocycles. The van der Waals surface area contributed by atoms with Crippen LogP contribution < -0.4 is 9.64 Å². The van der Waals surface area contributed by atoms with Crippen LogP contribution in [0.15, 0.2) is 23.2 Å². The van der Waals surface area contributed by atoms with E-state index < -0.39 is 11.9 Å². The molecule has 0 radical (unpaired) electrons. The second kappa shape index (κ2) is 6.16. The summed E-state index contributed by atoms with van der Waals surface area (Å²) in [5.74, 6) is 0.924. The largest absolute Gasteiger partial charge is 0.494 e. The van der Waals surface area contributed by atoms with Gasteiger partial charge in [-0.1, -0.05) is 18.2 Å². The van der Waals surface area contributed by atoms with E-state index in [1.54, 1.807) is 0 Å². The van der Waals surface area contributed by atoms with Gasteiger partial charge in [0, 0.05) is 11.8 Å². The van der Waals surface area contributed by atoms with Crippen LogP contribution in [-0.4, -0.2) is 35.3 Å². The van der Waals surface area contributed by atoms with Crippen LogP contribution in [-0.2, 0) is 0 Å². The summed E-state index contributed by atoms with van der Waals surface area (Å²) in [6.45, 7) is 0. The standard InChI is InChI=1S/C15H17FN2O3S/c1-21-13-7-10(5-6-11(13)16)18(15(19)20)14-17-12-4-2-3-9(12)8-22-14/h5-7,9,12H,2-4,8H2,1H3,(H,19,20). The van der Waals surface area contributed by atoms with Crippen molar-refractivity contribution in [3.63, 3.8) is 0 Å². The molecule has 0 bridgehead atoms. The highest BCUT2D eigenvalue weighted by Gasteiger charge is 2.34. The van der Waals surface area contributed by atoms with Gasteiger partial charge in [-0.25, -0.2) is 14.1 Å². The lowest BCUT2D eigenvalue weighted by Gasteiger charge is -2.28. The molecule has 0 saturated heterocycles. The number of methoxy groups -OCH3 is 1. The van der Waals surface area contributed by atoms with Crippen molar-refractivity contribution in [3.05, 3.63) is 24.0 Å². The first kappa shape index (κ1) is 15.1. The fraction of sp³-hybridized carbons (Fsp3) is 0.467. The van der Waals surface area contributed by atoms with Crippen LogP contribution in [0.2, 0.25) is 0 Å². The molecule has 7 heteroatoms. The van der Waals surface area contributed by atoms with Crippen LogP contribution in [0.3, 0.4) is 0 Å². The van der Waals surface area contributed by atoms with Crippen molar-refractivity contribution >= 4 is 28.7 Å². The second-order valence-corrected chi connectivity index (χ2v) is 6.40. The van der Waals surface area contributed by atoms with Crippen molar-refractivity contribution in [2.24, 2.45) is 10.9 Å². The van der Waals surface area contributed by atoms with E-state index in [1.807, 2.05) is 0 Å². The zero-order valence-corrected chi connectivity index (χ0v) is 13.0. The lowest BCUT2D eigenvalue weighted by Crippen LogP contribution is -2.38. The summed E-state index contributed by atoms with van der Waals surface area (Å²) in [6.07, 6.45) is 2.18. The summed E-state index contributed by atoms with van der Waals surface area (Å²) in [5.41, 5.74) is 0.341. The molecule has 5 nitrogen and oxygen atoms in total. The Bertz CT molecular complexity index is 623. The van der Waals surface area contributed by atoms with Crippen molar-refractivity contribution in [2.75, 3.05) is 17.8 Å². The van der Waals surface area contributed by atoms with E-state index in [-0.39, 0.29) is 11.8 Å². The number of aliphatic imine (C=N–C) groups is 1. The van der Waals surface area contributed by atoms with E-state index in [2.05, 4.69) is 4.99 Å². The fourth-order valence-electron chi connectivity index (χ4n) is 2.95. The predicted octanol–water partition coefficient (Wildman–Crippen LogP) is 3.59. The van der Waals surface area contributed by atoms with Crippen LogP contribution >= 0.6 is 11.8 Å². The maximum absolute atomic E-state index is 13.5. The maximum atomic E-state index is 13.5. The molecule has 1 heterocycles. The smallest absolute Gasteiger partial charge is 0.418 e. The molecule has 22 heavy (non-hydrogen) atoms. The zero-order valence-electron chi connectivity index (χ0n) is 12.2. The Hall–Kier alpha value is -1.76. The van der Waals surface area contributed by atoms with Gasteiger partial charge in [-0.15, -0.1) is 0 Å². The Morgan fingerprint density at radius 1 is 1.50 bits per heavy atom. The van der Waals surface area contributed by atoms with Gasteiger partial charge in [-0.05, 0) is 30.9 Å². The quantitative estimate of drug-likeness (QED) is 0.903. The number of fused-ring (bicyclic) bond motifs is 1. The van der Waals surface area contributed by atoms with E-state index in [1.165, 1.54) is 37.1 Å². The summed E-state index contributed by atoms with van der Waals surface area (Å²) in [5, 5.41) is 10.0. The molecule has 2 aliphatic rings. The maximum Gasteiger partial charge on any atom is 0.418 e. The number of anilines is 1. The van der Waals surface area contributed by atoms with Crippen molar-refractivity contribution in [1.29, 1.82) is 0 Å². The molecule has 1 saturated carbocycles. The highest BCUT2D eigenvalue weighted by Crippen LogP contribution is 2.37. The minimum atomic E-state index is -1.13. The van der Waals surface area contributed by atoms with Crippen LogP contribution in [0.25, 0.3) is 0 Å². The molecule has 2 atom stereocenters. The second-order valence-electron chi connectivity index (χ2n) is 5.42. The predicted molar refractivity (Wildman–Crippen MR) is 84.5 cm³/mol. The van der Waals surface area contributed by atoms with Gasteiger partial charge in [-0.2, -0.15) is 0 Å². The van der Waals surface area contributed by atoms with Gasteiger partial charge >= 0.3 is 6.09 Å². The highest BCUT2D eigenvalue weighted by molar-refractivity contribution is 8.14. The molecule has 2 unspecified atom stereocenters.